The predicted octanol–water partition coefficient (Wildman–Crippen LogP) is 2.69. The molecule has 9 nitrogen and oxygen atoms in total. The van der Waals surface area contributed by atoms with E-state index in [-0.39, 0.29) is 34.3 Å². The minimum absolute atomic E-state index is 0.123. The van der Waals surface area contributed by atoms with Gasteiger partial charge < -0.3 is 10.1 Å². The van der Waals surface area contributed by atoms with E-state index in [2.05, 4.69) is 10.0 Å². The van der Waals surface area contributed by atoms with E-state index in [1.54, 1.807) is 12.1 Å². The van der Waals surface area contributed by atoms with Crippen molar-refractivity contribution in [1.29, 1.82) is 0 Å². The average molecular weight is 516 g/mol. The number of ether oxygens (including phenoxy) is 1. The second-order valence-corrected chi connectivity index (χ2v) is 11.7. The highest BCUT2D eigenvalue weighted by Gasteiger charge is 2.25. The van der Waals surface area contributed by atoms with Gasteiger partial charge in [-0.25, -0.2) is 16.8 Å². The van der Waals surface area contributed by atoms with E-state index in [0.29, 0.717) is 18.8 Å². The number of piperidine rings is 1. The van der Waals surface area contributed by atoms with Crippen LogP contribution in [0, 0.1) is 0 Å². The van der Waals surface area contributed by atoms with Crippen LogP contribution in [0.3, 0.4) is 0 Å². The maximum atomic E-state index is 12.7. The molecule has 1 heterocycles. The lowest BCUT2D eigenvalue weighted by Gasteiger charge is -2.25. The molecular weight excluding hydrogens is 490 g/mol. The molecule has 2 aromatic rings. The van der Waals surface area contributed by atoms with Crippen molar-refractivity contribution < 1.29 is 26.4 Å². The number of anilines is 1. The van der Waals surface area contributed by atoms with E-state index in [4.69, 9.17) is 16.3 Å². The van der Waals surface area contributed by atoms with E-state index in [0.717, 1.165) is 25.5 Å². The van der Waals surface area contributed by atoms with Crippen LogP contribution in [0.5, 0.6) is 5.75 Å². The van der Waals surface area contributed by atoms with Gasteiger partial charge in [0.05, 0.1) is 28.3 Å². The van der Waals surface area contributed by atoms with Gasteiger partial charge in [0.15, 0.2) is 0 Å². The SMILES string of the molecule is CS(=O)(=O)Nc1ccc(Cl)c(C(=O)NCCOc2ccc(S(=O)(=O)N3CCCCC3)cc2)c1. The molecule has 2 N–H and O–H groups in total. The Balaban J connectivity index is 1.52. The summed E-state index contributed by atoms with van der Waals surface area (Å²) in [5.41, 5.74) is 0.348. The summed E-state index contributed by atoms with van der Waals surface area (Å²) in [6.45, 7) is 1.38. The summed E-state index contributed by atoms with van der Waals surface area (Å²) in [4.78, 5) is 12.6. The van der Waals surface area contributed by atoms with Crippen LogP contribution in [-0.4, -0.2) is 59.5 Å². The Morgan fingerprint density at radius 2 is 1.70 bits per heavy atom. The standard InChI is InChI=1S/C21H26ClN3O6S2/c1-32(27,28)24-16-5-10-20(22)19(15-16)21(26)23-11-14-31-17-6-8-18(9-7-17)33(29,30)25-12-3-2-4-13-25/h5-10,15,24H,2-4,11-14H2,1H3,(H,23,26). The molecular formula is C21H26ClN3O6S2. The predicted molar refractivity (Wildman–Crippen MR) is 127 cm³/mol. The van der Waals surface area contributed by atoms with Gasteiger partial charge in [-0.05, 0) is 55.3 Å². The number of amides is 1. The molecule has 1 saturated heterocycles. The van der Waals surface area contributed by atoms with Crippen LogP contribution in [0.4, 0.5) is 5.69 Å². The second kappa shape index (κ2) is 10.7. The Bertz CT molecular complexity index is 1200. The first-order valence-corrected chi connectivity index (χ1v) is 14.1. The molecule has 0 aliphatic carbocycles. The molecule has 0 atom stereocenters. The van der Waals surface area contributed by atoms with Crippen molar-refractivity contribution >= 4 is 43.2 Å². The third kappa shape index (κ3) is 7.07. The fraction of sp³-hybridized carbons (Fsp3) is 0.381. The quantitative estimate of drug-likeness (QED) is 0.495. The summed E-state index contributed by atoms with van der Waals surface area (Å²) in [5.74, 6) is -0.0112. The average Bonchev–Trinajstić information content (AvgIpc) is 2.78. The molecule has 2 aromatic carbocycles. The van der Waals surface area contributed by atoms with Gasteiger partial charge in [0, 0.05) is 18.8 Å². The fourth-order valence-corrected chi connectivity index (χ4v) is 5.64. The second-order valence-electron chi connectivity index (χ2n) is 7.61. The fourth-order valence-electron chi connectivity index (χ4n) is 3.37. The molecule has 0 spiro atoms. The van der Waals surface area contributed by atoms with E-state index in [1.165, 1.54) is 34.6 Å². The van der Waals surface area contributed by atoms with Gasteiger partial charge in [0.2, 0.25) is 20.0 Å². The Kier molecular flexibility index (Phi) is 8.22. The molecule has 1 amide bonds. The number of hydrogen-bond acceptors (Lipinski definition) is 6. The lowest BCUT2D eigenvalue weighted by Crippen LogP contribution is -2.35. The summed E-state index contributed by atoms with van der Waals surface area (Å²) < 4.78 is 57.5. The van der Waals surface area contributed by atoms with Gasteiger partial charge in [0.1, 0.15) is 12.4 Å². The van der Waals surface area contributed by atoms with Crippen molar-refractivity contribution in [3.63, 3.8) is 0 Å². The molecule has 1 aliphatic rings. The monoisotopic (exact) mass is 515 g/mol. The molecule has 0 aromatic heterocycles. The number of rotatable bonds is 9. The summed E-state index contributed by atoms with van der Waals surface area (Å²) in [6.07, 6.45) is 3.80. The number of nitrogens with one attached hydrogen (secondary N) is 2. The third-order valence-electron chi connectivity index (χ3n) is 4.95. The van der Waals surface area contributed by atoms with E-state index in [9.17, 15) is 21.6 Å². The van der Waals surface area contributed by atoms with Crippen LogP contribution in [-0.2, 0) is 20.0 Å². The summed E-state index contributed by atoms with van der Waals surface area (Å²) in [5, 5.41) is 2.83. The minimum Gasteiger partial charge on any atom is -0.492 e. The third-order valence-corrected chi connectivity index (χ3v) is 7.80. The molecule has 33 heavy (non-hydrogen) atoms. The molecule has 3 rings (SSSR count). The number of sulfonamides is 2. The molecule has 1 aliphatic heterocycles. The molecule has 12 heteroatoms. The maximum Gasteiger partial charge on any atom is 0.252 e. The van der Waals surface area contributed by atoms with Gasteiger partial charge in [-0.3, -0.25) is 9.52 Å². The van der Waals surface area contributed by atoms with Crippen molar-refractivity contribution in [1.82, 2.24) is 9.62 Å². The van der Waals surface area contributed by atoms with Crippen molar-refractivity contribution in [2.45, 2.75) is 24.2 Å². The highest BCUT2D eigenvalue weighted by molar-refractivity contribution is 7.92. The minimum atomic E-state index is -3.50. The zero-order valence-electron chi connectivity index (χ0n) is 18.1. The highest BCUT2D eigenvalue weighted by Crippen LogP contribution is 2.23. The van der Waals surface area contributed by atoms with Gasteiger partial charge in [-0.2, -0.15) is 4.31 Å². The van der Waals surface area contributed by atoms with Crippen LogP contribution in [0.15, 0.2) is 47.4 Å². The number of carbonyl (C=O) groups excluding carboxylic acids is 1. The van der Waals surface area contributed by atoms with E-state index < -0.39 is 26.0 Å². The zero-order chi connectivity index (χ0) is 24.1. The molecule has 0 saturated carbocycles. The first kappa shape index (κ1) is 25.3. The zero-order valence-corrected chi connectivity index (χ0v) is 20.5. The van der Waals surface area contributed by atoms with Gasteiger partial charge >= 0.3 is 0 Å². The molecule has 1 fully saturated rings. The Morgan fingerprint density at radius 3 is 2.33 bits per heavy atom. The molecule has 180 valence electrons. The first-order valence-electron chi connectivity index (χ1n) is 10.3. The normalized spacial score (nSPS) is 15.1. The van der Waals surface area contributed by atoms with Crippen molar-refractivity contribution in [3.8, 4) is 5.75 Å². The Morgan fingerprint density at radius 1 is 1.03 bits per heavy atom. The molecule has 0 bridgehead atoms. The van der Waals surface area contributed by atoms with Crippen molar-refractivity contribution in [2.24, 2.45) is 0 Å². The van der Waals surface area contributed by atoms with Crippen LogP contribution < -0.4 is 14.8 Å². The maximum absolute atomic E-state index is 12.7. The lowest BCUT2D eigenvalue weighted by atomic mass is 10.2. The van der Waals surface area contributed by atoms with Gasteiger partial charge in [0.25, 0.3) is 5.91 Å². The Hall–Kier alpha value is -2.34. The molecule has 0 radical (unpaired) electrons. The Labute approximate surface area is 199 Å². The summed E-state index contributed by atoms with van der Waals surface area (Å²) >= 11 is 6.06. The van der Waals surface area contributed by atoms with E-state index in [1.807, 2.05) is 0 Å². The molecule has 0 unspecified atom stereocenters. The van der Waals surface area contributed by atoms with E-state index >= 15 is 0 Å². The highest BCUT2D eigenvalue weighted by atomic mass is 35.5. The topological polar surface area (TPSA) is 122 Å². The van der Waals surface area contributed by atoms with Gasteiger partial charge in [-0.15, -0.1) is 0 Å². The van der Waals surface area contributed by atoms with Gasteiger partial charge in [-0.1, -0.05) is 18.0 Å². The number of benzene rings is 2. The number of carbonyl (C=O) groups is 1. The lowest BCUT2D eigenvalue weighted by molar-refractivity contribution is 0.0947. The number of halogens is 1. The van der Waals surface area contributed by atoms with Crippen LogP contribution in [0.2, 0.25) is 5.02 Å². The number of nitrogens with zero attached hydrogens (tertiary/aromatic N) is 1. The smallest absolute Gasteiger partial charge is 0.252 e. The largest absolute Gasteiger partial charge is 0.492 e. The van der Waals surface area contributed by atoms with Crippen molar-refractivity contribution in [3.05, 3.63) is 53.1 Å². The summed E-state index contributed by atoms with van der Waals surface area (Å²) in [6, 6.07) is 10.4. The van der Waals surface area contributed by atoms with Crippen LogP contribution in [0.1, 0.15) is 29.6 Å². The number of hydrogen-bond donors (Lipinski definition) is 2. The van der Waals surface area contributed by atoms with Crippen LogP contribution >= 0.6 is 11.6 Å². The van der Waals surface area contributed by atoms with Crippen molar-refractivity contribution in [2.75, 3.05) is 37.2 Å². The first-order chi connectivity index (χ1) is 15.6. The van der Waals surface area contributed by atoms with Crippen LogP contribution in [0.25, 0.3) is 0 Å². The summed E-state index contributed by atoms with van der Waals surface area (Å²) in [7, 11) is -6.99.